The lowest BCUT2D eigenvalue weighted by Gasteiger charge is -2.35. The van der Waals surface area contributed by atoms with Crippen LogP contribution in [0.2, 0.25) is 0 Å². The van der Waals surface area contributed by atoms with Crippen LogP contribution in [-0.2, 0) is 17.1 Å². The molecule has 0 aliphatic carbocycles. The second-order valence-electron chi connectivity index (χ2n) is 7.93. The third-order valence-corrected chi connectivity index (χ3v) is 5.35. The van der Waals surface area contributed by atoms with Gasteiger partial charge in [0.2, 0.25) is 0 Å². The van der Waals surface area contributed by atoms with Crippen LogP contribution < -0.4 is 0 Å². The van der Waals surface area contributed by atoms with Gasteiger partial charge in [0.25, 0.3) is 5.91 Å². The lowest BCUT2D eigenvalue weighted by atomic mass is 9.99. The van der Waals surface area contributed by atoms with E-state index >= 15 is 0 Å². The van der Waals surface area contributed by atoms with Crippen molar-refractivity contribution in [3.8, 4) is 17.5 Å². The maximum atomic E-state index is 13.3. The van der Waals surface area contributed by atoms with E-state index in [0.717, 1.165) is 4.68 Å². The van der Waals surface area contributed by atoms with E-state index in [9.17, 15) is 31.1 Å². The maximum Gasteiger partial charge on any atom is 0.416 e. The fraction of sp³-hybridized carbons (Fsp3) is 0.273. The predicted molar refractivity (Wildman–Crippen MR) is 112 cm³/mol. The second-order valence-corrected chi connectivity index (χ2v) is 7.93. The number of aryl methyl sites for hydroxylation is 1. The average Bonchev–Trinajstić information content (AvgIpc) is 3.16. The molecular weight excluding hydrogens is 492 g/mol. The number of aromatic nitrogens is 5. The van der Waals surface area contributed by atoms with Gasteiger partial charge in [-0.15, -0.1) is 5.10 Å². The van der Waals surface area contributed by atoms with Gasteiger partial charge in [0, 0.05) is 42.8 Å². The Balaban J connectivity index is 1.78. The van der Waals surface area contributed by atoms with Gasteiger partial charge >= 0.3 is 12.4 Å². The fourth-order valence-corrected chi connectivity index (χ4v) is 3.44. The molecule has 3 aromatic rings. The number of amides is 1. The van der Waals surface area contributed by atoms with Crippen LogP contribution in [0.1, 0.15) is 22.5 Å². The summed E-state index contributed by atoms with van der Waals surface area (Å²) < 4.78 is 80.6. The summed E-state index contributed by atoms with van der Waals surface area (Å²) >= 11 is 0. The van der Waals surface area contributed by atoms with Crippen molar-refractivity contribution in [2.45, 2.75) is 19.3 Å². The average molecular weight is 507 g/mol. The van der Waals surface area contributed by atoms with Gasteiger partial charge in [0.15, 0.2) is 5.82 Å². The van der Waals surface area contributed by atoms with E-state index < -0.39 is 40.8 Å². The highest BCUT2D eigenvalue weighted by atomic mass is 19.4. The van der Waals surface area contributed by atoms with Crippen LogP contribution in [-0.4, -0.2) is 48.6 Å². The van der Waals surface area contributed by atoms with Crippen molar-refractivity contribution in [1.82, 2.24) is 29.6 Å². The zero-order valence-electron chi connectivity index (χ0n) is 18.3. The number of hydrogen-bond donors (Lipinski definition) is 0. The lowest BCUT2D eigenvalue weighted by Crippen LogP contribution is -2.49. The third-order valence-electron chi connectivity index (χ3n) is 5.35. The summed E-state index contributed by atoms with van der Waals surface area (Å²) in [7, 11) is 0. The summed E-state index contributed by atoms with van der Waals surface area (Å²) in [5.74, 6) is -1.10. The van der Waals surface area contributed by atoms with Crippen LogP contribution in [0.3, 0.4) is 0 Å². The molecule has 2 aromatic heterocycles. The number of alkyl halides is 6. The standard InChI is InChI=1S/C22H15F6N7O/c1-12-32-19(14-2-16(21(23,24)25)4-17(3-14)22(26,27)28)33-35(12)10-18(15-6-30-11-31-7-15)20(36)34-8-13(5-29)9-34/h2-4,6-7,10-11,13H,8-9H2,1H3/b18-10+. The van der Waals surface area contributed by atoms with Crippen LogP contribution in [0.4, 0.5) is 26.3 Å². The molecule has 0 bridgehead atoms. The van der Waals surface area contributed by atoms with Crippen LogP contribution in [0.25, 0.3) is 23.2 Å². The minimum absolute atomic E-state index is 0.0149. The number of nitrogens with zero attached hydrogens (tertiary/aromatic N) is 7. The van der Waals surface area contributed by atoms with Crippen LogP contribution in [0.5, 0.6) is 0 Å². The highest BCUT2D eigenvalue weighted by Crippen LogP contribution is 2.38. The zero-order chi connectivity index (χ0) is 26.3. The van der Waals surface area contributed by atoms with Crippen molar-refractivity contribution < 1.29 is 31.1 Å². The highest BCUT2D eigenvalue weighted by Gasteiger charge is 2.37. The van der Waals surface area contributed by atoms with Crippen LogP contribution in [0.15, 0.2) is 36.9 Å². The molecule has 8 nitrogen and oxygen atoms in total. The number of likely N-dealkylation sites (tertiary alicyclic amines) is 1. The monoisotopic (exact) mass is 507 g/mol. The molecule has 0 N–H and O–H groups in total. The summed E-state index contributed by atoms with van der Waals surface area (Å²) in [5.41, 5.74) is -3.16. The molecule has 0 saturated carbocycles. The minimum atomic E-state index is -5.03. The number of rotatable bonds is 4. The van der Waals surface area contributed by atoms with Gasteiger partial charge in [-0.05, 0) is 25.1 Å². The van der Waals surface area contributed by atoms with Gasteiger partial charge in [-0.2, -0.15) is 31.6 Å². The topological polar surface area (TPSA) is 101 Å². The first-order chi connectivity index (χ1) is 16.9. The Hall–Kier alpha value is -4.28. The SMILES string of the molecule is Cc1nc(-c2cc(C(F)(F)F)cc(C(F)(F)F)c2)nn1/C=C(/C(=O)N1CC(C#N)C1)c1cncnc1. The summed E-state index contributed by atoms with van der Waals surface area (Å²) in [6, 6.07) is 3.11. The minimum Gasteiger partial charge on any atom is -0.336 e. The molecule has 186 valence electrons. The molecule has 0 unspecified atom stereocenters. The Kier molecular flexibility index (Phi) is 6.25. The van der Waals surface area contributed by atoms with Gasteiger partial charge in [-0.25, -0.2) is 19.6 Å². The highest BCUT2D eigenvalue weighted by molar-refractivity contribution is 6.23. The van der Waals surface area contributed by atoms with Crippen molar-refractivity contribution in [2.24, 2.45) is 5.92 Å². The van der Waals surface area contributed by atoms with E-state index in [2.05, 4.69) is 20.1 Å². The maximum absolute atomic E-state index is 13.3. The quantitative estimate of drug-likeness (QED) is 0.390. The zero-order valence-corrected chi connectivity index (χ0v) is 18.3. The van der Waals surface area contributed by atoms with E-state index in [4.69, 9.17) is 5.26 Å². The first kappa shape index (κ1) is 24.8. The Morgan fingerprint density at radius 3 is 2.17 bits per heavy atom. The molecule has 36 heavy (non-hydrogen) atoms. The van der Waals surface area contributed by atoms with Gasteiger partial charge < -0.3 is 4.90 Å². The van der Waals surface area contributed by atoms with Crippen molar-refractivity contribution in [3.63, 3.8) is 0 Å². The smallest absolute Gasteiger partial charge is 0.336 e. The number of benzene rings is 1. The van der Waals surface area contributed by atoms with E-state index in [1.807, 2.05) is 6.07 Å². The normalized spacial score (nSPS) is 14.9. The summed E-state index contributed by atoms with van der Waals surface area (Å²) in [6.07, 6.45) is -4.86. The Morgan fingerprint density at radius 1 is 1.06 bits per heavy atom. The van der Waals surface area contributed by atoms with Crippen molar-refractivity contribution in [3.05, 3.63) is 59.4 Å². The molecule has 1 aliphatic rings. The third kappa shape index (κ3) is 5.04. The molecule has 0 atom stereocenters. The molecule has 0 radical (unpaired) electrons. The largest absolute Gasteiger partial charge is 0.416 e. The summed E-state index contributed by atoms with van der Waals surface area (Å²) in [6.45, 7) is 1.82. The molecule has 3 heterocycles. The second kappa shape index (κ2) is 9.06. The first-order valence-electron chi connectivity index (χ1n) is 10.3. The number of carbonyl (C=O) groups is 1. The number of nitriles is 1. The number of carbonyl (C=O) groups excluding carboxylic acids is 1. The number of halogens is 6. The van der Waals surface area contributed by atoms with E-state index in [-0.39, 0.29) is 42.0 Å². The predicted octanol–water partition coefficient (Wildman–Crippen LogP) is 4.06. The molecule has 0 spiro atoms. The molecule has 1 aliphatic heterocycles. The first-order valence-corrected chi connectivity index (χ1v) is 10.3. The van der Waals surface area contributed by atoms with Gasteiger partial charge in [0.05, 0.1) is 28.7 Å². The summed E-state index contributed by atoms with van der Waals surface area (Å²) in [5, 5.41) is 13.0. The number of hydrogen-bond acceptors (Lipinski definition) is 6. The van der Waals surface area contributed by atoms with Crippen LogP contribution in [0, 0.1) is 24.2 Å². The fourth-order valence-electron chi connectivity index (χ4n) is 3.44. The molecule has 1 aromatic carbocycles. The van der Waals surface area contributed by atoms with Crippen molar-refractivity contribution in [1.29, 1.82) is 5.26 Å². The molecular formula is C22H15F6N7O. The lowest BCUT2D eigenvalue weighted by molar-refractivity contribution is -0.143. The van der Waals surface area contributed by atoms with Crippen LogP contribution >= 0.6 is 0 Å². The van der Waals surface area contributed by atoms with Crippen molar-refractivity contribution in [2.75, 3.05) is 13.1 Å². The Labute approximate surface area is 199 Å². The Bertz CT molecular complexity index is 1330. The molecule has 14 heteroatoms. The molecule has 1 fully saturated rings. The van der Waals surface area contributed by atoms with Gasteiger partial charge in [-0.1, -0.05) is 0 Å². The van der Waals surface area contributed by atoms with E-state index in [1.54, 1.807) is 0 Å². The van der Waals surface area contributed by atoms with Gasteiger partial charge in [0.1, 0.15) is 12.2 Å². The molecule has 1 amide bonds. The Morgan fingerprint density at radius 2 is 1.64 bits per heavy atom. The van der Waals surface area contributed by atoms with E-state index in [1.165, 1.54) is 36.7 Å². The molecule has 4 rings (SSSR count). The van der Waals surface area contributed by atoms with Crippen molar-refractivity contribution >= 4 is 17.7 Å². The van der Waals surface area contributed by atoms with E-state index in [0.29, 0.717) is 12.1 Å². The summed E-state index contributed by atoms with van der Waals surface area (Å²) in [4.78, 5) is 26.2. The molecule has 1 saturated heterocycles. The van der Waals surface area contributed by atoms with Gasteiger partial charge in [-0.3, -0.25) is 4.79 Å².